The summed E-state index contributed by atoms with van der Waals surface area (Å²) in [5.41, 5.74) is 0.527. The van der Waals surface area contributed by atoms with Gasteiger partial charge in [-0.3, -0.25) is 4.79 Å². The fraction of sp³-hybridized carbons (Fsp3) is 0.556. The van der Waals surface area contributed by atoms with Gasteiger partial charge in [0, 0.05) is 12.6 Å². The van der Waals surface area contributed by atoms with E-state index in [0.717, 1.165) is 19.5 Å². The number of likely N-dealkylation sites (N-methyl/N-ethyl adjacent to an activating group) is 1. The number of rotatable bonds is 2. The van der Waals surface area contributed by atoms with E-state index in [4.69, 9.17) is 0 Å². The van der Waals surface area contributed by atoms with Crippen LogP contribution in [0.25, 0.3) is 0 Å². The highest BCUT2D eigenvalue weighted by Crippen LogP contribution is 2.06. The zero-order chi connectivity index (χ0) is 9.97. The lowest BCUT2D eigenvalue weighted by Gasteiger charge is -2.11. The molecule has 0 aromatic carbocycles. The summed E-state index contributed by atoms with van der Waals surface area (Å²) < 4.78 is 0. The van der Waals surface area contributed by atoms with Gasteiger partial charge in [0.2, 0.25) is 0 Å². The predicted molar refractivity (Wildman–Crippen MR) is 52.0 cm³/mol. The summed E-state index contributed by atoms with van der Waals surface area (Å²) in [4.78, 5) is 20.4. The maximum absolute atomic E-state index is 11.6. The quantitative estimate of drug-likeness (QED) is 0.688. The van der Waals surface area contributed by atoms with Crippen molar-refractivity contribution < 1.29 is 4.79 Å². The Morgan fingerprint density at radius 1 is 1.79 bits per heavy atom. The van der Waals surface area contributed by atoms with Crippen LogP contribution in [0.2, 0.25) is 0 Å². The van der Waals surface area contributed by atoms with Crippen LogP contribution in [0.1, 0.15) is 16.9 Å². The van der Waals surface area contributed by atoms with Gasteiger partial charge in [0.25, 0.3) is 5.91 Å². The van der Waals surface area contributed by atoms with Crippen molar-refractivity contribution in [1.82, 2.24) is 20.2 Å². The van der Waals surface area contributed by atoms with Crippen LogP contribution in [0, 0.1) is 0 Å². The summed E-state index contributed by atoms with van der Waals surface area (Å²) in [5, 5.41) is 2.96. The summed E-state index contributed by atoms with van der Waals surface area (Å²) in [6.45, 7) is 1.98. The Labute approximate surface area is 82.5 Å². The molecule has 1 fully saturated rings. The van der Waals surface area contributed by atoms with E-state index in [0.29, 0.717) is 5.69 Å². The molecule has 5 heteroatoms. The lowest BCUT2D eigenvalue weighted by molar-refractivity contribution is 0.0934. The minimum absolute atomic E-state index is 0.0669. The Kier molecular flexibility index (Phi) is 2.49. The number of carbonyl (C=O) groups excluding carboxylic acids is 1. The molecule has 2 rings (SSSR count). The smallest absolute Gasteiger partial charge is 0.269 e. The van der Waals surface area contributed by atoms with Gasteiger partial charge in [0.15, 0.2) is 0 Å². The first-order valence-corrected chi connectivity index (χ1v) is 4.73. The highest BCUT2D eigenvalue weighted by atomic mass is 16.2. The molecule has 5 nitrogen and oxygen atoms in total. The number of carbonyl (C=O) groups is 1. The molecule has 1 atom stereocenters. The van der Waals surface area contributed by atoms with Gasteiger partial charge < -0.3 is 15.2 Å². The maximum atomic E-state index is 11.6. The van der Waals surface area contributed by atoms with Gasteiger partial charge in [0.1, 0.15) is 5.69 Å². The molecule has 2 N–H and O–H groups in total. The number of imidazole rings is 1. The van der Waals surface area contributed by atoms with Crippen LogP contribution >= 0.6 is 0 Å². The second-order valence-corrected chi connectivity index (χ2v) is 3.69. The van der Waals surface area contributed by atoms with Crippen LogP contribution in [0.3, 0.4) is 0 Å². The second kappa shape index (κ2) is 3.79. The van der Waals surface area contributed by atoms with Gasteiger partial charge >= 0.3 is 0 Å². The molecule has 76 valence electrons. The van der Waals surface area contributed by atoms with E-state index in [2.05, 4.69) is 27.2 Å². The normalized spacial score (nSPS) is 22.5. The third kappa shape index (κ3) is 1.93. The number of likely N-dealkylation sites (tertiary alicyclic amines) is 1. The molecule has 0 aliphatic carbocycles. The molecule has 1 amide bonds. The summed E-state index contributed by atoms with van der Waals surface area (Å²) >= 11 is 0. The third-order valence-corrected chi connectivity index (χ3v) is 2.47. The molecule has 14 heavy (non-hydrogen) atoms. The van der Waals surface area contributed by atoms with Gasteiger partial charge in [-0.2, -0.15) is 0 Å². The number of H-pyrrole nitrogens is 1. The molecule has 1 saturated heterocycles. The first-order valence-electron chi connectivity index (χ1n) is 4.73. The van der Waals surface area contributed by atoms with Crippen molar-refractivity contribution in [3.63, 3.8) is 0 Å². The standard InChI is InChI=1S/C9H14N4O/c1-13-3-2-7(5-13)12-9(14)8-4-10-6-11-8/h4,6-7H,2-3,5H2,1H3,(H,10,11)(H,12,14). The highest BCUT2D eigenvalue weighted by Gasteiger charge is 2.21. The molecule has 1 aliphatic rings. The first-order chi connectivity index (χ1) is 6.75. The Morgan fingerprint density at radius 3 is 3.21 bits per heavy atom. The Morgan fingerprint density at radius 2 is 2.64 bits per heavy atom. The number of aromatic amines is 1. The molecule has 0 spiro atoms. The molecule has 2 heterocycles. The van der Waals surface area contributed by atoms with Crippen LogP contribution in [0.4, 0.5) is 0 Å². The fourth-order valence-corrected chi connectivity index (χ4v) is 1.70. The van der Waals surface area contributed by atoms with E-state index < -0.39 is 0 Å². The maximum Gasteiger partial charge on any atom is 0.269 e. The molecular weight excluding hydrogens is 180 g/mol. The van der Waals surface area contributed by atoms with Crippen molar-refractivity contribution in [2.45, 2.75) is 12.5 Å². The molecule has 0 radical (unpaired) electrons. The first kappa shape index (κ1) is 9.21. The molecule has 1 aromatic heterocycles. The average Bonchev–Trinajstić information content (AvgIpc) is 2.75. The SMILES string of the molecule is CN1CCC(NC(=O)c2cnc[nH]2)C1. The monoisotopic (exact) mass is 194 g/mol. The fourth-order valence-electron chi connectivity index (χ4n) is 1.70. The Bertz CT molecular complexity index is 309. The largest absolute Gasteiger partial charge is 0.347 e. The number of amides is 1. The van der Waals surface area contributed by atoms with Gasteiger partial charge in [-0.05, 0) is 20.0 Å². The van der Waals surface area contributed by atoms with E-state index in [9.17, 15) is 4.79 Å². The van der Waals surface area contributed by atoms with E-state index in [-0.39, 0.29) is 11.9 Å². The average molecular weight is 194 g/mol. The minimum Gasteiger partial charge on any atom is -0.347 e. The highest BCUT2D eigenvalue weighted by molar-refractivity contribution is 5.92. The van der Waals surface area contributed by atoms with Crippen LogP contribution in [-0.4, -0.2) is 47.0 Å². The minimum atomic E-state index is -0.0669. The van der Waals surface area contributed by atoms with Crippen LogP contribution in [0.15, 0.2) is 12.5 Å². The molecule has 0 bridgehead atoms. The number of aromatic nitrogens is 2. The number of hydrogen-bond acceptors (Lipinski definition) is 3. The number of nitrogens with one attached hydrogen (secondary N) is 2. The van der Waals surface area contributed by atoms with Gasteiger partial charge in [-0.25, -0.2) is 4.98 Å². The van der Waals surface area contributed by atoms with Crippen molar-refractivity contribution in [2.24, 2.45) is 0 Å². The molecule has 1 aliphatic heterocycles. The van der Waals surface area contributed by atoms with E-state index in [1.54, 1.807) is 0 Å². The van der Waals surface area contributed by atoms with Gasteiger partial charge in [0.05, 0.1) is 12.5 Å². The topological polar surface area (TPSA) is 61.0 Å². The zero-order valence-corrected chi connectivity index (χ0v) is 8.16. The third-order valence-electron chi connectivity index (χ3n) is 2.47. The predicted octanol–water partition coefficient (Wildman–Crippen LogP) is -0.156. The molecular formula is C9H14N4O. The summed E-state index contributed by atoms with van der Waals surface area (Å²) in [5.74, 6) is -0.0669. The Hall–Kier alpha value is -1.36. The van der Waals surface area contributed by atoms with Crippen LogP contribution in [-0.2, 0) is 0 Å². The van der Waals surface area contributed by atoms with Crippen molar-refractivity contribution in [3.05, 3.63) is 18.2 Å². The second-order valence-electron chi connectivity index (χ2n) is 3.69. The lowest BCUT2D eigenvalue weighted by atomic mass is 10.2. The van der Waals surface area contributed by atoms with E-state index in [1.165, 1.54) is 12.5 Å². The Balaban J connectivity index is 1.89. The molecule has 0 saturated carbocycles. The van der Waals surface area contributed by atoms with Gasteiger partial charge in [-0.15, -0.1) is 0 Å². The van der Waals surface area contributed by atoms with Crippen LogP contribution < -0.4 is 5.32 Å². The van der Waals surface area contributed by atoms with Crippen molar-refractivity contribution in [1.29, 1.82) is 0 Å². The molecule has 1 aromatic rings. The number of nitrogens with zero attached hydrogens (tertiary/aromatic N) is 2. The zero-order valence-electron chi connectivity index (χ0n) is 8.16. The number of hydrogen-bond donors (Lipinski definition) is 2. The van der Waals surface area contributed by atoms with E-state index >= 15 is 0 Å². The summed E-state index contributed by atoms with van der Waals surface area (Å²) in [6, 6.07) is 0.274. The van der Waals surface area contributed by atoms with Crippen molar-refractivity contribution >= 4 is 5.91 Å². The van der Waals surface area contributed by atoms with E-state index in [1.807, 2.05) is 0 Å². The van der Waals surface area contributed by atoms with Crippen LogP contribution in [0.5, 0.6) is 0 Å². The lowest BCUT2D eigenvalue weighted by Crippen LogP contribution is -2.36. The molecule has 1 unspecified atom stereocenters. The summed E-state index contributed by atoms with van der Waals surface area (Å²) in [6.07, 6.45) is 4.07. The summed E-state index contributed by atoms with van der Waals surface area (Å²) in [7, 11) is 2.06. The van der Waals surface area contributed by atoms with Crippen molar-refractivity contribution in [2.75, 3.05) is 20.1 Å². The van der Waals surface area contributed by atoms with Crippen molar-refractivity contribution in [3.8, 4) is 0 Å². The van der Waals surface area contributed by atoms with Gasteiger partial charge in [-0.1, -0.05) is 0 Å².